The number of benzene rings is 2. The summed E-state index contributed by atoms with van der Waals surface area (Å²) in [6.45, 7) is 4.95. The summed E-state index contributed by atoms with van der Waals surface area (Å²) < 4.78 is -0.938. The lowest BCUT2D eigenvalue weighted by molar-refractivity contribution is -0.143. The number of carboxylic acid groups (broad SMARTS) is 1. The number of carbonyl (C=O) groups excluding carboxylic acids is 3. The van der Waals surface area contributed by atoms with E-state index in [-0.39, 0.29) is 24.3 Å². The first-order valence-corrected chi connectivity index (χ1v) is 14.7. The Bertz CT molecular complexity index is 1190. The van der Waals surface area contributed by atoms with E-state index in [0.29, 0.717) is 0 Å². The number of carboxylic acids is 1. The molecule has 4 atom stereocenters. The standard InChI is InChI=1S/C27H34N4O6S2/c1-26(2)21(24(35)36)31-22(33)19(13-16-7-5-4-6-8-16)29-23(34)20(15-38-39-26)30-25(37)27(3,28)14-17-9-11-18(32)12-10-17/h4-12,19-21,32H,13-15,28H2,1-3H3,(H,29,34)(H,30,37)(H,31,33)(H,35,36)/t19-,20?,21-,27-/m0/s1. The fraction of sp³-hybridized carbons (Fsp3) is 0.407. The van der Waals surface area contributed by atoms with Crippen molar-refractivity contribution in [1.82, 2.24) is 16.0 Å². The summed E-state index contributed by atoms with van der Waals surface area (Å²) in [6, 6.07) is 12.0. The van der Waals surface area contributed by atoms with Crippen LogP contribution in [0.3, 0.4) is 0 Å². The van der Waals surface area contributed by atoms with E-state index < -0.39 is 52.1 Å². The molecular formula is C27H34N4O6S2. The zero-order chi connectivity index (χ0) is 28.8. The minimum Gasteiger partial charge on any atom is -0.508 e. The molecule has 3 rings (SSSR count). The summed E-state index contributed by atoms with van der Waals surface area (Å²) in [7, 11) is 2.43. The second-order valence-corrected chi connectivity index (χ2v) is 13.3. The van der Waals surface area contributed by atoms with Crippen LogP contribution in [-0.4, -0.2) is 68.1 Å². The van der Waals surface area contributed by atoms with Gasteiger partial charge in [0.2, 0.25) is 17.7 Å². The van der Waals surface area contributed by atoms with Crippen LogP contribution in [0.4, 0.5) is 0 Å². The van der Waals surface area contributed by atoms with Gasteiger partial charge in [0.25, 0.3) is 0 Å². The molecule has 7 N–H and O–H groups in total. The molecule has 1 fully saturated rings. The third-order valence-corrected chi connectivity index (χ3v) is 9.60. The Balaban J connectivity index is 1.85. The van der Waals surface area contributed by atoms with Crippen molar-refractivity contribution in [3.8, 4) is 5.75 Å². The normalized spacial score (nSPS) is 23.3. The molecule has 0 radical (unpaired) electrons. The van der Waals surface area contributed by atoms with Gasteiger partial charge in [-0.2, -0.15) is 0 Å². The van der Waals surface area contributed by atoms with Gasteiger partial charge in [0, 0.05) is 12.2 Å². The van der Waals surface area contributed by atoms with Crippen LogP contribution in [0.1, 0.15) is 31.9 Å². The highest BCUT2D eigenvalue weighted by molar-refractivity contribution is 8.77. The van der Waals surface area contributed by atoms with Crippen molar-refractivity contribution in [2.45, 2.75) is 62.0 Å². The molecule has 1 aliphatic rings. The first-order valence-electron chi connectivity index (χ1n) is 12.3. The number of amides is 3. The largest absolute Gasteiger partial charge is 0.508 e. The van der Waals surface area contributed by atoms with E-state index in [9.17, 15) is 29.4 Å². The van der Waals surface area contributed by atoms with Gasteiger partial charge in [0.05, 0.1) is 10.3 Å². The number of hydrogen-bond acceptors (Lipinski definition) is 8. The van der Waals surface area contributed by atoms with Gasteiger partial charge in [-0.25, -0.2) is 4.79 Å². The lowest BCUT2D eigenvalue weighted by atomic mass is 9.92. The first kappa shape index (κ1) is 30.3. The van der Waals surface area contributed by atoms with Crippen LogP contribution in [0.25, 0.3) is 0 Å². The highest BCUT2D eigenvalue weighted by atomic mass is 33.1. The maximum atomic E-state index is 13.4. The topological polar surface area (TPSA) is 171 Å². The molecule has 3 amide bonds. The summed E-state index contributed by atoms with van der Waals surface area (Å²) in [5.74, 6) is -2.78. The highest BCUT2D eigenvalue weighted by Crippen LogP contribution is 2.39. The van der Waals surface area contributed by atoms with E-state index in [4.69, 9.17) is 5.73 Å². The number of phenolic OH excluding ortho intramolecular Hbond substituents is 1. The van der Waals surface area contributed by atoms with E-state index >= 15 is 0 Å². The third kappa shape index (κ3) is 8.38. The maximum absolute atomic E-state index is 13.4. The molecule has 1 aliphatic heterocycles. The minimum absolute atomic E-state index is 0.0905. The number of hydrogen-bond donors (Lipinski definition) is 6. The number of carbonyl (C=O) groups is 4. The molecule has 1 saturated heterocycles. The Morgan fingerprint density at radius 2 is 1.69 bits per heavy atom. The predicted octanol–water partition coefficient (Wildman–Crippen LogP) is 1.61. The molecule has 0 aliphatic carbocycles. The van der Waals surface area contributed by atoms with Crippen LogP contribution in [0.5, 0.6) is 5.75 Å². The summed E-state index contributed by atoms with van der Waals surface area (Å²) in [5.41, 5.74) is 6.46. The van der Waals surface area contributed by atoms with Crippen LogP contribution in [0, 0.1) is 0 Å². The molecule has 210 valence electrons. The van der Waals surface area contributed by atoms with Crippen molar-refractivity contribution in [3.63, 3.8) is 0 Å². The smallest absolute Gasteiger partial charge is 0.327 e. The van der Waals surface area contributed by atoms with Crippen LogP contribution in [0.2, 0.25) is 0 Å². The molecular weight excluding hydrogens is 540 g/mol. The zero-order valence-electron chi connectivity index (χ0n) is 22.0. The molecule has 2 aromatic carbocycles. The molecule has 39 heavy (non-hydrogen) atoms. The van der Waals surface area contributed by atoms with E-state index in [2.05, 4.69) is 16.0 Å². The van der Waals surface area contributed by atoms with Crippen molar-refractivity contribution < 1.29 is 29.4 Å². The highest BCUT2D eigenvalue weighted by Gasteiger charge is 2.41. The number of nitrogens with two attached hydrogens (primary N) is 1. The molecule has 10 nitrogen and oxygen atoms in total. The molecule has 1 unspecified atom stereocenters. The van der Waals surface area contributed by atoms with Gasteiger partial charge >= 0.3 is 5.97 Å². The molecule has 2 aromatic rings. The first-order chi connectivity index (χ1) is 18.3. The number of rotatable bonds is 7. The second kappa shape index (κ2) is 12.8. The Morgan fingerprint density at radius 1 is 1.05 bits per heavy atom. The Kier molecular flexibility index (Phi) is 9.92. The minimum atomic E-state index is -1.38. The van der Waals surface area contributed by atoms with Gasteiger partial charge < -0.3 is 31.9 Å². The second-order valence-electron chi connectivity index (χ2n) is 10.3. The number of phenols is 1. The van der Waals surface area contributed by atoms with E-state index in [1.807, 2.05) is 6.07 Å². The van der Waals surface area contributed by atoms with Gasteiger partial charge in [-0.05, 0) is 50.5 Å². The molecule has 0 aromatic heterocycles. The molecule has 0 saturated carbocycles. The predicted molar refractivity (Wildman–Crippen MR) is 152 cm³/mol. The van der Waals surface area contributed by atoms with Crippen molar-refractivity contribution in [2.24, 2.45) is 5.73 Å². The van der Waals surface area contributed by atoms with Gasteiger partial charge in [0.1, 0.15) is 23.9 Å². The Labute approximate surface area is 235 Å². The molecule has 1 heterocycles. The number of nitrogens with one attached hydrogen (secondary N) is 3. The zero-order valence-corrected chi connectivity index (χ0v) is 23.6. The number of aromatic hydroxyl groups is 1. The van der Waals surface area contributed by atoms with Gasteiger partial charge in [-0.1, -0.05) is 64.1 Å². The Morgan fingerprint density at radius 3 is 2.31 bits per heavy atom. The molecule has 12 heteroatoms. The average Bonchev–Trinajstić information content (AvgIpc) is 2.88. The van der Waals surface area contributed by atoms with Gasteiger partial charge in [-0.3, -0.25) is 14.4 Å². The number of aliphatic carboxylic acids is 1. The van der Waals surface area contributed by atoms with Crippen LogP contribution >= 0.6 is 21.6 Å². The lowest BCUT2D eigenvalue weighted by Crippen LogP contribution is -2.61. The fourth-order valence-electron chi connectivity index (χ4n) is 4.03. The summed E-state index contributed by atoms with van der Waals surface area (Å²) in [6.07, 6.45) is 0.281. The van der Waals surface area contributed by atoms with Gasteiger partial charge in [-0.15, -0.1) is 0 Å². The summed E-state index contributed by atoms with van der Waals surface area (Å²) in [5, 5.41) is 27.4. The van der Waals surface area contributed by atoms with Crippen LogP contribution < -0.4 is 21.7 Å². The summed E-state index contributed by atoms with van der Waals surface area (Å²) >= 11 is 0. The Hall–Kier alpha value is -3.22. The SMILES string of the molecule is CC1(C)SSCC(NC(=O)[C@@](C)(N)Cc2ccc(O)cc2)C(=O)N[C@@H](Cc2ccccc2)C(=O)N[C@H]1C(=O)O. The van der Waals surface area contributed by atoms with Crippen molar-refractivity contribution in [2.75, 3.05) is 5.75 Å². The van der Waals surface area contributed by atoms with E-state index in [1.165, 1.54) is 33.7 Å². The van der Waals surface area contributed by atoms with Crippen LogP contribution in [-0.2, 0) is 32.0 Å². The summed E-state index contributed by atoms with van der Waals surface area (Å²) in [4.78, 5) is 52.0. The van der Waals surface area contributed by atoms with Crippen molar-refractivity contribution in [1.29, 1.82) is 0 Å². The monoisotopic (exact) mass is 574 g/mol. The van der Waals surface area contributed by atoms with E-state index in [0.717, 1.165) is 11.1 Å². The fourth-order valence-corrected chi connectivity index (χ4v) is 6.84. The maximum Gasteiger partial charge on any atom is 0.327 e. The third-order valence-electron chi connectivity index (χ3n) is 6.30. The van der Waals surface area contributed by atoms with Crippen molar-refractivity contribution in [3.05, 3.63) is 65.7 Å². The molecule has 0 spiro atoms. The lowest BCUT2D eigenvalue weighted by Gasteiger charge is -2.31. The van der Waals surface area contributed by atoms with Crippen molar-refractivity contribution >= 4 is 45.3 Å². The van der Waals surface area contributed by atoms with Crippen LogP contribution in [0.15, 0.2) is 54.6 Å². The quantitative estimate of drug-likeness (QED) is 0.269. The van der Waals surface area contributed by atoms with Gasteiger partial charge in [0.15, 0.2) is 0 Å². The van der Waals surface area contributed by atoms with E-state index in [1.54, 1.807) is 57.2 Å². The average molecular weight is 575 g/mol. The molecule has 0 bridgehead atoms.